The van der Waals surface area contributed by atoms with Crippen LogP contribution in [0.5, 0.6) is 0 Å². The van der Waals surface area contributed by atoms with E-state index >= 15 is 0 Å². The molecule has 1 heterocycles. The Labute approximate surface area is 182 Å². The highest BCUT2D eigenvalue weighted by atomic mass is 35.5. The number of hydrogen-bond donors (Lipinski definition) is 0. The molecule has 0 saturated carbocycles. The van der Waals surface area contributed by atoms with Gasteiger partial charge >= 0.3 is 0 Å². The summed E-state index contributed by atoms with van der Waals surface area (Å²) < 4.78 is 0. The van der Waals surface area contributed by atoms with Crippen LogP contribution in [0.25, 0.3) is 0 Å². The monoisotopic (exact) mass is 439 g/mol. The summed E-state index contributed by atoms with van der Waals surface area (Å²) in [5.41, 5.74) is 0.405. The number of allylic oxidation sites excluding steroid dienone is 2. The summed E-state index contributed by atoms with van der Waals surface area (Å²) in [6.45, 7) is -0.0664. The molecule has 1 saturated heterocycles. The fraction of sp³-hybridized carbons (Fsp3) is 0.227. The van der Waals surface area contributed by atoms with Crippen LogP contribution in [0.4, 0.5) is 5.69 Å². The van der Waals surface area contributed by atoms with Gasteiger partial charge in [-0.1, -0.05) is 42.0 Å². The average Bonchev–Trinajstić information content (AvgIpc) is 3.03. The predicted molar refractivity (Wildman–Crippen MR) is 112 cm³/mol. The summed E-state index contributed by atoms with van der Waals surface area (Å²) in [6.07, 6.45) is 4.60. The molecule has 1 fully saturated rings. The third kappa shape index (κ3) is 3.94. The minimum Gasteiger partial charge on any atom is -0.272 e. The molecule has 31 heavy (non-hydrogen) atoms. The van der Waals surface area contributed by atoms with Gasteiger partial charge < -0.3 is 0 Å². The number of rotatable bonds is 5. The Hall–Kier alpha value is -3.52. The van der Waals surface area contributed by atoms with Crippen LogP contribution in [-0.2, 0) is 16.1 Å². The molecule has 3 amide bonds. The van der Waals surface area contributed by atoms with Gasteiger partial charge in [-0.2, -0.15) is 5.01 Å². The van der Waals surface area contributed by atoms with Crippen LogP contribution in [0, 0.1) is 22.0 Å². The lowest BCUT2D eigenvalue weighted by atomic mass is 9.85. The van der Waals surface area contributed by atoms with Crippen molar-refractivity contribution >= 4 is 35.0 Å². The van der Waals surface area contributed by atoms with Crippen LogP contribution >= 0.6 is 11.6 Å². The number of hydrogen-bond acceptors (Lipinski definition) is 5. The normalized spacial score (nSPS) is 20.0. The van der Waals surface area contributed by atoms with Gasteiger partial charge in [0, 0.05) is 22.7 Å². The Bertz CT molecular complexity index is 1070. The maximum Gasteiger partial charge on any atom is 0.273 e. The number of non-ortho nitro benzene ring substituents is 1. The minimum absolute atomic E-state index is 0.0109. The molecule has 8 nitrogen and oxygen atoms in total. The molecule has 0 bridgehead atoms. The number of halogens is 1. The maximum atomic E-state index is 13.4. The van der Waals surface area contributed by atoms with Gasteiger partial charge in [0.1, 0.15) is 0 Å². The van der Waals surface area contributed by atoms with E-state index in [1.807, 2.05) is 12.2 Å². The first-order valence-electron chi connectivity index (χ1n) is 9.70. The first kappa shape index (κ1) is 20.7. The van der Waals surface area contributed by atoms with Crippen molar-refractivity contribution in [3.63, 3.8) is 0 Å². The molecular weight excluding hydrogens is 422 g/mol. The van der Waals surface area contributed by atoms with Gasteiger partial charge in [-0.15, -0.1) is 0 Å². The second-order valence-corrected chi connectivity index (χ2v) is 7.88. The zero-order valence-electron chi connectivity index (χ0n) is 16.3. The lowest BCUT2D eigenvalue weighted by Gasteiger charge is -2.30. The number of carbonyl (C=O) groups is 3. The van der Waals surface area contributed by atoms with E-state index in [-0.39, 0.29) is 17.8 Å². The molecule has 4 rings (SSSR count). The molecule has 1 aliphatic carbocycles. The van der Waals surface area contributed by atoms with Crippen LogP contribution in [0.15, 0.2) is 60.7 Å². The molecule has 0 spiro atoms. The van der Waals surface area contributed by atoms with Crippen LogP contribution in [-0.4, -0.2) is 32.7 Å². The summed E-state index contributed by atoms with van der Waals surface area (Å²) in [6, 6.07) is 11.9. The fourth-order valence-corrected chi connectivity index (χ4v) is 4.04. The second kappa shape index (κ2) is 8.31. The Morgan fingerprint density at radius 1 is 1.06 bits per heavy atom. The van der Waals surface area contributed by atoms with Crippen molar-refractivity contribution in [3.05, 3.63) is 86.9 Å². The Kier molecular flexibility index (Phi) is 5.56. The molecular formula is C22H18ClN3O5. The van der Waals surface area contributed by atoms with Crippen LogP contribution in [0.2, 0.25) is 5.02 Å². The Balaban J connectivity index is 1.72. The summed E-state index contributed by atoms with van der Waals surface area (Å²) in [5.74, 6) is -2.57. The standard InChI is InChI=1S/C22H18ClN3O5/c23-16-10-8-14(9-11-16)13-24(20(27)15-4-3-5-17(12-15)26(30)31)25-21(28)18-6-1-2-7-19(18)22(25)29/h1-5,8-12,18-19H,6-7,13H2/t18-,19+. The van der Waals surface area contributed by atoms with Gasteiger partial charge in [0.2, 0.25) is 0 Å². The lowest BCUT2D eigenvalue weighted by molar-refractivity contribution is -0.384. The number of amides is 3. The van der Waals surface area contributed by atoms with Crippen LogP contribution < -0.4 is 0 Å². The van der Waals surface area contributed by atoms with Crippen molar-refractivity contribution < 1.29 is 19.3 Å². The molecule has 0 aromatic heterocycles. The zero-order chi connectivity index (χ0) is 22.1. The highest BCUT2D eigenvalue weighted by Crippen LogP contribution is 2.36. The topological polar surface area (TPSA) is 101 Å². The predicted octanol–water partition coefficient (Wildman–Crippen LogP) is 3.76. The summed E-state index contributed by atoms with van der Waals surface area (Å²) >= 11 is 5.94. The van der Waals surface area contributed by atoms with E-state index in [9.17, 15) is 24.5 Å². The number of nitro groups is 1. The SMILES string of the molecule is O=C(c1cccc([N+](=O)[O-])c1)N(Cc1ccc(Cl)cc1)N1C(=O)[C@H]2CC=CC[C@H]2C1=O. The number of carbonyl (C=O) groups excluding carboxylic acids is 3. The van der Waals surface area contributed by atoms with E-state index in [4.69, 9.17) is 11.6 Å². The van der Waals surface area contributed by atoms with Crippen molar-refractivity contribution in [1.82, 2.24) is 10.0 Å². The van der Waals surface area contributed by atoms with E-state index in [2.05, 4.69) is 0 Å². The molecule has 9 heteroatoms. The van der Waals surface area contributed by atoms with Gasteiger partial charge in [0.15, 0.2) is 0 Å². The number of fused-ring (bicyclic) bond motifs is 1. The molecule has 2 atom stereocenters. The zero-order valence-corrected chi connectivity index (χ0v) is 17.1. The van der Waals surface area contributed by atoms with E-state index < -0.39 is 34.5 Å². The summed E-state index contributed by atoms with van der Waals surface area (Å²) in [7, 11) is 0. The third-order valence-corrected chi connectivity index (χ3v) is 5.76. The fourth-order valence-electron chi connectivity index (χ4n) is 3.92. The maximum absolute atomic E-state index is 13.4. The number of nitro benzene ring substituents is 1. The van der Waals surface area contributed by atoms with E-state index in [0.717, 1.165) is 16.1 Å². The third-order valence-electron chi connectivity index (χ3n) is 5.51. The highest BCUT2D eigenvalue weighted by molar-refractivity contribution is 6.30. The lowest BCUT2D eigenvalue weighted by Crippen LogP contribution is -2.49. The van der Waals surface area contributed by atoms with Crippen molar-refractivity contribution in [2.75, 3.05) is 0 Å². The number of imide groups is 1. The molecule has 2 aromatic rings. The van der Waals surface area contributed by atoms with Crippen molar-refractivity contribution in [3.8, 4) is 0 Å². The quantitative estimate of drug-likeness (QED) is 0.305. The Morgan fingerprint density at radius 2 is 1.68 bits per heavy atom. The van der Waals surface area contributed by atoms with E-state index in [0.29, 0.717) is 23.4 Å². The molecule has 0 unspecified atom stereocenters. The van der Waals surface area contributed by atoms with Gasteiger partial charge in [0.05, 0.1) is 23.3 Å². The minimum atomic E-state index is -0.674. The highest BCUT2D eigenvalue weighted by Gasteiger charge is 2.50. The van der Waals surface area contributed by atoms with E-state index in [1.165, 1.54) is 18.2 Å². The Morgan fingerprint density at radius 3 is 2.26 bits per heavy atom. The van der Waals surface area contributed by atoms with Gasteiger partial charge in [-0.25, -0.2) is 5.01 Å². The molecule has 2 aliphatic rings. The smallest absolute Gasteiger partial charge is 0.272 e. The molecule has 0 N–H and O–H groups in total. The van der Waals surface area contributed by atoms with Crippen LogP contribution in [0.3, 0.4) is 0 Å². The first-order valence-corrected chi connectivity index (χ1v) is 10.1. The number of hydrazine groups is 1. The van der Waals surface area contributed by atoms with Crippen molar-refractivity contribution in [2.45, 2.75) is 19.4 Å². The second-order valence-electron chi connectivity index (χ2n) is 7.44. The van der Waals surface area contributed by atoms with Gasteiger partial charge in [-0.3, -0.25) is 24.5 Å². The molecule has 0 radical (unpaired) electrons. The van der Waals surface area contributed by atoms with Crippen LogP contribution in [0.1, 0.15) is 28.8 Å². The van der Waals surface area contributed by atoms with Crippen molar-refractivity contribution in [2.24, 2.45) is 11.8 Å². The average molecular weight is 440 g/mol. The molecule has 1 aliphatic heterocycles. The van der Waals surface area contributed by atoms with E-state index in [1.54, 1.807) is 24.3 Å². The number of nitrogens with zero attached hydrogens (tertiary/aromatic N) is 3. The summed E-state index contributed by atoms with van der Waals surface area (Å²) in [4.78, 5) is 50.1. The van der Waals surface area contributed by atoms with Gasteiger partial charge in [-0.05, 0) is 36.6 Å². The first-order chi connectivity index (χ1) is 14.9. The molecule has 2 aromatic carbocycles. The summed E-state index contributed by atoms with van der Waals surface area (Å²) in [5, 5.41) is 13.6. The molecule has 158 valence electrons. The largest absolute Gasteiger partial charge is 0.273 e. The van der Waals surface area contributed by atoms with Crippen molar-refractivity contribution in [1.29, 1.82) is 0 Å². The van der Waals surface area contributed by atoms with Gasteiger partial charge in [0.25, 0.3) is 23.4 Å². The number of benzene rings is 2.